The molecule has 3 aliphatic rings. The molecule has 1 aromatic heterocycles. The number of benzene rings is 2. The Hall–Kier alpha value is -3.60. The number of aryl methyl sites for hydroxylation is 1. The van der Waals surface area contributed by atoms with Crippen LogP contribution in [0.25, 0.3) is 0 Å². The van der Waals surface area contributed by atoms with Crippen molar-refractivity contribution in [1.82, 2.24) is 0 Å². The van der Waals surface area contributed by atoms with E-state index < -0.39 is 35.8 Å². The Morgan fingerprint density at radius 2 is 1.75 bits per heavy atom. The minimum Gasteiger partial charge on any atom is -0.497 e. The third-order valence-electron chi connectivity index (χ3n) is 7.70. The molecule has 6 rings (SSSR count). The Morgan fingerprint density at radius 3 is 2.45 bits per heavy atom. The average molecular weight is 583 g/mol. The molecule has 9 nitrogen and oxygen atoms in total. The fourth-order valence-corrected chi connectivity index (χ4v) is 7.34. The van der Waals surface area contributed by atoms with E-state index in [4.69, 9.17) is 30.6 Å². The molecule has 11 heteroatoms. The molecule has 208 valence electrons. The summed E-state index contributed by atoms with van der Waals surface area (Å²) in [6, 6.07) is 11.5. The second kappa shape index (κ2) is 10.4. The van der Waals surface area contributed by atoms with E-state index in [0.29, 0.717) is 44.8 Å². The zero-order valence-electron chi connectivity index (χ0n) is 22.1. The summed E-state index contributed by atoms with van der Waals surface area (Å²) >= 11 is 7.45. The molecular formula is C29H27ClN2O7S. The van der Waals surface area contributed by atoms with E-state index >= 15 is 0 Å². The predicted molar refractivity (Wildman–Crippen MR) is 149 cm³/mol. The van der Waals surface area contributed by atoms with Crippen molar-refractivity contribution in [1.29, 1.82) is 0 Å². The largest absolute Gasteiger partial charge is 0.497 e. The number of hydroxylamine groups is 1. The molecule has 40 heavy (non-hydrogen) atoms. The summed E-state index contributed by atoms with van der Waals surface area (Å²) in [5.74, 6) is -1.37. The Balaban J connectivity index is 1.47. The fourth-order valence-electron chi connectivity index (χ4n) is 5.83. The van der Waals surface area contributed by atoms with Crippen LogP contribution in [0, 0.1) is 5.92 Å². The number of thiophene rings is 1. The van der Waals surface area contributed by atoms with E-state index in [1.165, 1.54) is 25.6 Å². The summed E-state index contributed by atoms with van der Waals surface area (Å²) in [7, 11) is 4.39. The van der Waals surface area contributed by atoms with Crippen LogP contribution < -0.4 is 19.4 Å². The lowest BCUT2D eigenvalue weighted by Gasteiger charge is -2.29. The predicted octanol–water partition coefficient (Wildman–Crippen LogP) is 5.14. The van der Waals surface area contributed by atoms with Gasteiger partial charge in [-0.3, -0.25) is 14.4 Å². The minimum absolute atomic E-state index is 0.303. The van der Waals surface area contributed by atoms with Crippen LogP contribution in [-0.2, 0) is 32.0 Å². The van der Waals surface area contributed by atoms with Gasteiger partial charge in [-0.05, 0) is 67.6 Å². The molecule has 0 N–H and O–H groups in total. The van der Waals surface area contributed by atoms with Crippen LogP contribution in [0.15, 0.2) is 42.5 Å². The minimum atomic E-state index is -1.11. The van der Waals surface area contributed by atoms with Gasteiger partial charge in [0.25, 0.3) is 5.91 Å². The van der Waals surface area contributed by atoms with Crippen molar-refractivity contribution in [2.75, 3.05) is 31.3 Å². The topological polar surface area (TPSA) is 94.6 Å². The van der Waals surface area contributed by atoms with Crippen LogP contribution in [0.4, 0.5) is 10.7 Å². The maximum absolute atomic E-state index is 14.3. The van der Waals surface area contributed by atoms with E-state index in [2.05, 4.69) is 0 Å². The molecule has 3 aromatic rings. The number of fused-ring (bicyclic) bond motifs is 2. The summed E-state index contributed by atoms with van der Waals surface area (Å²) in [4.78, 5) is 49.6. The number of amides is 2. The number of hydrogen-bond acceptors (Lipinski definition) is 9. The van der Waals surface area contributed by atoms with Gasteiger partial charge in [-0.25, -0.2) is 14.8 Å². The molecule has 0 saturated carbocycles. The zero-order chi connectivity index (χ0) is 28.1. The smallest absolute Gasteiger partial charge is 0.341 e. The van der Waals surface area contributed by atoms with Crippen molar-refractivity contribution in [2.24, 2.45) is 5.92 Å². The van der Waals surface area contributed by atoms with Gasteiger partial charge in [0.05, 0.1) is 38.6 Å². The summed E-state index contributed by atoms with van der Waals surface area (Å²) < 4.78 is 16.2. The van der Waals surface area contributed by atoms with E-state index in [0.717, 1.165) is 34.6 Å². The lowest BCUT2D eigenvalue weighted by Crippen LogP contribution is -2.37. The quantitative estimate of drug-likeness (QED) is 0.291. The first-order valence-electron chi connectivity index (χ1n) is 12.9. The number of esters is 1. The highest BCUT2D eigenvalue weighted by atomic mass is 35.5. The highest BCUT2D eigenvalue weighted by Crippen LogP contribution is 2.52. The van der Waals surface area contributed by atoms with Crippen LogP contribution in [0.2, 0.25) is 5.02 Å². The van der Waals surface area contributed by atoms with Gasteiger partial charge in [0.2, 0.25) is 5.91 Å². The Kier molecular flexibility index (Phi) is 6.93. The molecule has 2 amide bonds. The number of hydrogen-bond donors (Lipinski definition) is 0. The van der Waals surface area contributed by atoms with Gasteiger partial charge in [0.15, 0.2) is 6.10 Å². The molecule has 2 aliphatic heterocycles. The van der Waals surface area contributed by atoms with Crippen LogP contribution in [0.1, 0.15) is 45.2 Å². The molecule has 2 saturated heterocycles. The van der Waals surface area contributed by atoms with Gasteiger partial charge < -0.3 is 14.2 Å². The van der Waals surface area contributed by atoms with Gasteiger partial charge in [-0.1, -0.05) is 11.6 Å². The summed E-state index contributed by atoms with van der Waals surface area (Å²) in [5.41, 5.74) is 2.44. The number of methoxy groups -OCH3 is 3. The number of carbonyl (C=O) groups excluding carboxylic acids is 3. The molecule has 0 bridgehead atoms. The van der Waals surface area contributed by atoms with Crippen molar-refractivity contribution in [3.8, 4) is 11.5 Å². The van der Waals surface area contributed by atoms with Crippen molar-refractivity contribution in [3.63, 3.8) is 0 Å². The molecule has 0 radical (unpaired) electrons. The van der Waals surface area contributed by atoms with Crippen LogP contribution in [0.3, 0.4) is 0 Å². The number of carbonyl (C=O) groups is 3. The molecular weight excluding hydrogens is 556 g/mol. The maximum Gasteiger partial charge on any atom is 0.341 e. The van der Waals surface area contributed by atoms with Crippen molar-refractivity contribution >= 4 is 51.4 Å². The molecule has 2 fully saturated rings. The fraction of sp³-hybridized carbons (Fsp3) is 0.345. The lowest BCUT2D eigenvalue weighted by molar-refractivity contribution is -0.126. The second-order valence-corrected chi connectivity index (χ2v) is 11.3. The molecule has 1 aliphatic carbocycles. The van der Waals surface area contributed by atoms with E-state index in [-0.39, 0.29) is 0 Å². The van der Waals surface area contributed by atoms with Gasteiger partial charge in [-0.15, -0.1) is 11.3 Å². The third kappa shape index (κ3) is 4.13. The number of rotatable bonds is 6. The van der Waals surface area contributed by atoms with Crippen LogP contribution >= 0.6 is 22.9 Å². The van der Waals surface area contributed by atoms with Crippen LogP contribution in [0.5, 0.6) is 11.5 Å². The number of imide groups is 1. The monoisotopic (exact) mass is 582 g/mol. The molecule has 3 heterocycles. The third-order valence-corrected chi connectivity index (χ3v) is 9.23. The first-order chi connectivity index (χ1) is 19.4. The number of ether oxygens (including phenoxy) is 3. The standard InChI is InChI=1S/C29H27ClN2O7S/c1-36-17-12-13-18(20(14-17)37-2)24-23-25(39-32(24)16-10-8-15(30)9-11-16)27(34)31(26(23)33)28-22(29(35)38-3)19-6-4-5-7-21(19)40-28/h8-14,23-25H,4-7H2,1-3H3/t23-,24-,25+/m0/s1. The molecule has 3 atom stereocenters. The summed E-state index contributed by atoms with van der Waals surface area (Å²) in [6.45, 7) is 0. The first-order valence-corrected chi connectivity index (χ1v) is 14.1. The molecule has 0 spiro atoms. The van der Waals surface area contributed by atoms with E-state index in [1.54, 1.807) is 54.6 Å². The highest BCUT2D eigenvalue weighted by Gasteiger charge is 2.61. The summed E-state index contributed by atoms with van der Waals surface area (Å²) in [6.07, 6.45) is 2.30. The maximum atomic E-state index is 14.3. The highest BCUT2D eigenvalue weighted by molar-refractivity contribution is 7.17. The Bertz CT molecular complexity index is 1500. The van der Waals surface area contributed by atoms with Crippen LogP contribution in [-0.4, -0.2) is 45.2 Å². The molecule has 2 aromatic carbocycles. The van der Waals surface area contributed by atoms with Gasteiger partial charge in [0.1, 0.15) is 22.4 Å². The second-order valence-electron chi connectivity index (χ2n) is 9.80. The normalized spacial score (nSPS) is 21.9. The molecule has 0 unspecified atom stereocenters. The SMILES string of the molecule is COC(=O)c1c(N2C(=O)[C@@H]3[C@@H](ON(c4ccc(Cl)cc4)[C@H]3c3ccc(OC)cc3OC)C2=O)sc2c1CCCC2. The first kappa shape index (κ1) is 26.6. The van der Waals surface area contributed by atoms with Crippen molar-refractivity contribution in [2.45, 2.75) is 37.8 Å². The zero-order valence-corrected chi connectivity index (χ0v) is 23.7. The van der Waals surface area contributed by atoms with Gasteiger partial charge >= 0.3 is 5.97 Å². The Labute approximate surface area is 240 Å². The average Bonchev–Trinajstić information content (AvgIpc) is 3.62. The number of halogens is 1. The Morgan fingerprint density at radius 1 is 1.00 bits per heavy atom. The van der Waals surface area contributed by atoms with Gasteiger partial charge in [-0.2, -0.15) is 0 Å². The number of anilines is 2. The van der Waals surface area contributed by atoms with Crippen molar-refractivity contribution in [3.05, 3.63) is 69.1 Å². The van der Waals surface area contributed by atoms with Crippen molar-refractivity contribution < 1.29 is 33.4 Å². The van der Waals surface area contributed by atoms with Gasteiger partial charge in [0, 0.05) is 21.5 Å². The van der Waals surface area contributed by atoms with E-state index in [9.17, 15) is 14.4 Å². The van der Waals surface area contributed by atoms with E-state index in [1.807, 2.05) is 0 Å². The summed E-state index contributed by atoms with van der Waals surface area (Å²) in [5, 5.41) is 2.42. The number of nitrogens with zero attached hydrogens (tertiary/aromatic N) is 2. The lowest BCUT2D eigenvalue weighted by atomic mass is 9.90.